The third-order valence-electron chi connectivity index (χ3n) is 3.53. The minimum atomic E-state index is -0.0393. The molecule has 0 atom stereocenters. The molecule has 24 heavy (non-hydrogen) atoms. The summed E-state index contributed by atoms with van der Waals surface area (Å²) in [6.07, 6.45) is 1.16. The van der Waals surface area contributed by atoms with Gasteiger partial charge >= 0.3 is 0 Å². The van der Waals surface area contributed by atoms with Gasteiger partial charge in [-0.15, -0.1) is 16.4 Å². The van der Waals surface area contributed by atoms with Crippen molar-refractivity contribution >= 4 is 17.2 Å². The highest BCUT2D eigenvalue weighted by molar-refractivity contribution is 7.09. The lowest BCUT2D eigenvalue weighted by molar-refractivity contribution is -0.121. The number of thiazole rings is 1. The molecule has 0 spiro atoms. The zero-order valence-corrected chi connectivity index (χ0v) is 14.2. The molecule has 1 amide bonds. The number of benzene rings is 1. The smallest absolute Gasteiger partial charge is 0.222 e. The highest BCUT2D eigenvalue weighted by Crippen LogP contribution is 2.14. The van der Waals surface area contributed by atoms with Crippen molar-refractivity contribution < 1.29 is 4.79 Å². The summed E-state index contributed by atoms with van der Waals surface area (Å²) in [5.74, 6) is 0.662. The van der Waals surface area contributed by atoms with Crippen molar-refractivity contribution in [1.82, 2.24) is 30.5 Å². The zero-order valence-electron chi connectivity index (χ0n) is 13.3. The van der Waals surface area contributed by atoms with Crippen LogP contribution in [0.15, 0.2) is 35.7 Å². The Labute approximate surface area is 143 Å². The molecule has 0 unspecified atom stereocenters. The standard InChI is InChI=1S/C16H18N6OS/c1-12-19-20-21-22(12)8-7-15(23)17-10-14-11-24-16(18-14)9-13-5-3-2-4-6-13/h2-6,11H,7-10H2,1H3,(H,17,23). The van der Waals surface area contributed by atoms with Crippen molar-refractivity contribution in [2.75, 3.05) is 0 Å². The minimum absolute atomic E-state index is 0.0393. The second kappa shape index (κ2) is 7.78. The van der Waals surface area contributed by atoms with Crippen LogP contribution in [0.25, 0.3) is 0 Å². The zero-order chi connectivity index (χ0) is 16.8. The molecule has 0 bridgehead atoms. The van der Waals surface area contributed by atoms with Gasteiger partial charge in [-0.3, -0.25) is 4.79 Å². The lowest BCUT2D eigenvalue weighted by Gasteiger charge is -2.04. The van der Waals surface area contributed by atoms with Gasteiger partial charge in [0.25, 0.3) is 0 Å². The van der Waals surface area contributed by atoms with Crippen LogP contribution < -0.4 is 5.32 Å². The van der Waals surface area contributed by atoms with E-state index in [1.165, 1.54) is 5.56 Å². The van der Waals surface area contributed by atoms with Crippen LogP contribution in [0.1, 0.15) is 28.5 Å². The molecule has 3 aromatic rings. The number of hydrogen-bond donors (Lipinski definition) is 1. The van der Waals surface area contributed by atoms with Gasteiger partial charge in [0.2, 0.25) is 5.91 Å². The Morgan fingerprint density at radius 3 is 2.88 bits per heavy atom. The summed E-state index contributed by atoms with van der Waals surface area (Å²) in [6, 6.07) is 10.2. The molecule has 1 N–H and O–H groups in total. The Bertz CT molecular complexity index is 798. The maximum atomic E-state index is 11.9. The molecule has 1 aromatic carbocycles. The van der Waals surface area contributed by atoms with Gasteiger partial charge in [-0.05, 0) is 22.9 Å². The number of tetrazole rings is 1. The second-order valence-corrected chi connectivity index (χ2v) is 6.31. The number of hydrogen-bond acceptors (Lipinski definition) is 6. The van der Waals surface area contributed by atoms with E-state index in [0.29, 0.717) is 25.3 Å². The van der Waals surface area contributed by atoms with Crippen molar-refractivity contribution in [3.63, 3.8) is 0 Å². The molecule has 2 aromatic heterocycles. The number of amides is 1. The predicted molar refractivity (Wildman–Crippen MR) is 90.4 cm³/mol. The van der Waals surface area contributed by atoms with Crippen molar-refractivity contribution in [3.05, 3.63) is 57.8 Å². The topological polar surface area (TPSA) is 85.6 Å². The quantitative estimate of drug-likeness (QED) is 0.707. The van der Waals surface area contributed by atoms with Gasteiger partial charge in [0.1, 0.15) is 5.82 Å². The van der Waals surface area contributed by atoms with Crippen molar-refractivity contribution in [3.8, 4) is 0 Å². The van der Waals surface area contributed by atoms with E-state index in [1.807, 2.05) is 23.6 Å². The van der Waals surface area contributed by atoms with Gasteiger partial charge < -0.3 is 5.32 Å². The Balaban J connectivity index is 1.45. The van der Waals surface area contributed by atoms with Crippen LogP contribution in [0.5, 0.6) is 0 Å². The van der Waals surface area contributed by atoms with Crippen LogP contribution in [0, 0.1) is 6.92 Å². The third kappa shape index (κ3) is 4.45. The molecule has 2 heterocycles. The SMILES string of the molecule is Cc1nnnn1CCC(=O)NCc1csc(Cc2ccccc2)n1. The van der Waals surface area contributed by atoms with Crippen LogP contribution >= 0.6 is 11.3 Å². The molecule has 0 aliphatic carbocycles. The van der Waals surface area contributed by atoms with Crippen LogP contribution in [0.2, 0.25) is 0 Å². The summed E-state index contributed by atoms with van der Waals surface area (Å²) in [6.45, 7) is 2.72. The Morgan fingerprint density at radius 2 is 2.12 bits per heavy atom. The predicted octanol–water partition coefficient (Wildman–Crippen LogP) is 1.74. The Hall–Kier alpha value is -2.61. The minimum Gasteiger partial charge on any atom is -0.350 e. The number of aromatic nitrogens is 5. The first-order valence-corrected chi connectivity index (χ1v) is 8.55. The number of nitrogens with one attached hydrogen (secondary N) is 1. The van der Waals surface area contributed by atoms with Gasteiger partial charge in [0.05, 0.1) is 23.8 Å². The number of nitrogens with zero attached hydrogens (tertiary/aromatic N) is 5. The molecule has 124 valence electrons. The average molecular weight is 342 g/mol. The van der Waals surface area contributed by atoms with E-state index in [9.17, 15) is 4.79 Å². The molecule has 7 nitrogen and oxygen atoms in total. The highest BCUT2D eigenvalue weighted by atomic mass is 32.1. The number of aryl methyl sites for hydroxylation is 2. The molecular weight excluding hydrogens is 324 g/mol. The molecule has 3 rings (SSSR count). The first-order valence-electron chi connectivity index (χ1n) is 7.67. The molecule has 0 radical (unpaired) electrons. The fraction of sp³-hybridized carbons (Fsp3) is 0.312. The third-order valence-corrected chi connectivity index (χ3v) is 4.42. The van der Waals surface area contributed by atoms with Crippen molar-refractivity contribution in [2.45, 2.75) is 32.9 Å². The average Bonchev–Trinajstić information content (AvgIpc) is 3.21. The van der Waals surface area contributed by atoms with E-state index in [2.05, 4.69) is 38.0 Å². The molecule has 0 aliphatic heterocycles. The summed E-state index contributed by atoms with van der Waals surface area (Å²) >= 11 is 1.62. The van der Waals surface area contributed by atoms with Crippen molar-refractivity contribution in [2.24, 2.45) is 0 Å². The molecule has 8 heteroatoms. The molecule has 0 saturated carbocycles. The van der Waals surface area contributed by atoms with Gasteiger partial charge in [0, 0.05) is 18.2 Å². The van der Waals surface area contributed by atoms with Crippen LogP contribution in [-0.2, 0) is 24.3 Å². The van der Waals surface area contributed by atoms with Crippen LogP contribution in [0.4, 0.5) is 0 Å². The highest BCUT2D eigenvalue weighted by Gasteiger charge is 2.07. The first-order chi connectivity index (χ1) is 11.7. The maximum Gasteiger partial charge on any atom is 0.222 e. The van der Waals surface area contributed by atoms with E-state index >= 15 is 0 Å². The summed E-state index contributed by atoms with van der Waals surface area (Å²) in [4.78, 5) is 16.5. The number of rotatable bonds is 7. The van der Waals surface area contributed by atoms with E-state index in [1.54, 1.807) is 22.9 Å². The van der Waals surface area contributed by atoms with Gasteiger partial charge in [0.15, 0.2) is 0 Å². The fourth-order valence-corrected chi connectivity index (χ4v) is 3.05. The molecule has 0 aliphatic rings. The molecule has 0 fully saturated rings. The monoisotopic (exact) mass is 342 g/mol. The van der Waals surface area contributed by atoms with Crippen LogP contribution in [0.3, 0.4) is 0 Å². The summed E-state index contributed by atoms with van der Waals surface area (Å²) < 4.78 is 1.61. The first kappa shape index (κ1) is 16.3. The lowest BCUT2D eigenvalue weighted by atomic mass is 10.2. The Kier molecular flexibility index (Phi) is 5.27. The largest absolute Gasteiger partial charge is 0.350 e. The van der Waals surface area contributed by atoms with Gasteiger partial charge in [-0.25, -0.2) is 9.67 Å². The van der Waals surface area contributed by atoms with E-state index in [0.717, 1.165) is 17.1 Å². The summed E-state index contributed by atoms with van der Waals surface area (Å²) in [5, 5.41) is 17.1. The van der Waals surface area contributed by atoms with Crippen molar-refractivity contribution in [1.29, 1.82) is 0 Å². The van der Waals surface area contributed by atoms with E-state index in [-0.39, 0.29) is 5.91 Å². The lowest BCUT2D eigenvalue weighted by Crippen LogP contribution is -2.24. The summed E-state index contributed by atoms with van der Waals surface area (Å²) in [7, 11) is 0. The van der Waals surface area contributed by atoms with Gasteiger partial charge in [-0.1, -0.05) is 30.3 Å². The fourth-order valence-electron chi connectivity index (χ4n) is 2.22. The number of carbonyl (C=O) groups excluding carboxylic acids is 1. The second-order valence-electron chi connectivity index (χ2n) is 5.37. The Morgan fingerprint density at radius 1 is 1.29 bits per heavy atom. The van der Waals surface area contributed by atoms with Crippen LogP contribution in [-0.4, -0.2) is 31.1 Å². The van der Waals surface area contributed by atoms with Gasteiger partial charge in [-0.2, -0.15) is 0 Å². The molecule has 0 saturated heterocycles. The van der Waals surface area contributed by atoms with E-state index in [4.69, 9.17) is 0 Å². The normalized spacial score (nSPS) is 10.7. The molecular formula is C16H18N6OS. The summed E-state index contributed by atoms with van der Waals surface area (Å²) in [5.41, 5.74) is 2.12. The number of carbonyl (C=O) groups is 1. The van der Waals surface area contributed by atoms with E-state index < -0.39 is 0 Å². The maximum absolute atomic E-state index is 11.9.